The van der Waals surface area contributed by atoms with Gasteiger partial charge in [0.1, 0.15) is 0 Å². The van der Waals surface area contributed by atoms with E-state index in [1.807, 2.05) is 0 Å². The van der Waals surface area contributed by atoms with Gasteiger partial charge in [0.05, 0.1) is 29.3 Å². The number of hydrogen-bond donors (Lipinski definition) is 2. The number of amides is 2. The van der Waals surface area contributed by atoms with Crippen LogP contribution in [0.4, 0.5) is 5.69 Å². The minimum absolute atomic E-state index is 0.310. The molecule has 3 rings (SSSR count). The van der Waals surface area contributed by atoms with Gasteiger partial charge in [0, 0.05) is 5.56 Å². The summed E-state index contributed by atoms with van der Waals surface area (Å²) < 4.78 is 1.59. The van der Waals surface area contributed by atoms with Gasteiger partial charge in [0.25, 0.3) is 11.8 Å². The molecule has 0 spiro atoms. The van der Waals surface area contributed by atoms with Crippen molar-refractivity contribution in [3.8, 4) is 5.69 Å². The SMILES string of the molecule is Cc1cccc(NC(=O)c2ccc(-n3ccnn3)cc2)c1C(N)=O. The average Bonchev–Trinajstić information content (AvgIpc) is 3.09. The van der Waals surface area contributed by atoms with Crippen molar-refractivity contribution in [3.63, 3.8) is 0 Å². The first kappa shape index (κ1) is 15.4. The minimum atomic E-state index is -0.579. The second-order valence-corrected chi connectivity index (χ2v) is 5.21. The van der Waals surface area contributed by atoms with Crippen molar-refractivity contribution in [2.45, 2.75) is 6.92 Å². The highest BCUT2D eigenvalue weighted by Gasteiger charge is 2.14. The molecule has 0 atom stereocenters. The first-order chi connectivity index (χ1) is 11.6. The number of primary amides is 1. The average molecular weight is 321 g/mol. The molecule has 120 valence electrons. The monoisotopic (exact) mass is 321 g/mol. The lowest BCUT2D eigenvalue weighted by Crippen LogP contribution is -2.19. The van der Waals surface area contributed by atoms with E-state index in [1.54, 1.807) is 66.5 Å². The Bertz CT molecular complexity index is 886. The van der Waals surface area contributed by atoms with Crippen LogP contribution >= 0.6 is 0 Å². The van der Waals surface area contributed by atoms with Crippen molar-refractivity contribution in [1.29, 1.82) is 0 Å². The number of nitrogens with zero attached hydrogens (tertiary/aromatic N) is 3. The van der Waals surface area contributed by atoms with E-state index in [1.165, 1.54) is 0 Å². The molecule has 0 saturated heterocycles. The minimum Gasteiger partial charge on any atom is -0.366 e. The number of carbonyl (C=O) groups excluding carboxylic acids is 2. The third-order valence-electron chi connectivity index (χ3n) is 3.58. The number of rotatable bonds is 4. The Morgan fingerprint density at radius 1 is 1.12 bits per heavy atom. The lowest BCUT2D eigenvalue weighted by Gasteiger charge is -2.11. The van der Waals surface area contributed by atoms with Crippen molar-refractivity contribution in [2.24, 2.45) is 5.73 Å². The summed E-state index contributed by atoms with van der Waals surface area (Å²) in [6.45, 7) is 1.77. The number of hydrogen-bond acceptors (Lipinski definition) is 4. The van der Waals surface area contributed by atoms with Crippen LogP contribution in [-0.2, 0) is 0 Å². The quantitative estimate of drug-likeness (QED) is 0.766. The van der Waals surface area contributed by atoms with Crippen molar-refractivity contribution in [3.05, 3.63) is 71.5 Å². The summed E-state index contributed by atoms with van der Waals surface area (Å²) in [7, 11) is 0. The number of aryl methyl sites for hydroxylation is 1. The molecule has 1 aromatic heterocycles. The summed E-state index contributed by atoms with van der Waals surface area (Å²) in [6.07, 6.45) is 3.28. The zero-order valence-corrected chi connectivity index (χ0v) is 12.9. The number of carbonyl (C=O) groups is 2. The summed E-state index contributed by atoms with van der Waals surface area (Å²) in [5.74, 6) is -0.904. The normalized spacial score (nSPS) is 10.4. The zero-order valence-electron chi connectivity index (χ0n) is 12.9. The van der Waals surface area contributed by atoms with E-state index in [0.29, 0.717) is 22.4 Å². The maximum Gasteiger partial charge on any atom is 0.255 e. The number of nitrogens with two attached hydrogens (primary N) is 1. The van der Waals surface area contributed by atoms with Crippen LogP contribution in [0.2, 0.25) is 0 Å². The molecule has 0 aliphatic rings. The molecule has 0 aliphatic heterocycles. The predicted octanol–water partition coefficient (Wildman–Crippen LogP) is 1.93. The van der Waals surface area contributed by atoms with Gasteiger partial charge in [0.15, 0.2) is 0 Å². The molecule has 3 N–H and O–H groups in total. The van der Waals surface area contributed by atoms with E-state index in [0.717, 1.165) is 5.69 Å². The van der Waals surface area contributed by atoms with Crippen molar-refractivity contribution < 1.29 is 9.59 Å². The fraction of sp³-hybridized carbons (Fsp3) is 0.0588. The van der Waals surface area contributed by atoms with Gasteiger partial charge in [0.2, 0.25) is 0 Å². The van der Waals surface area contributed by atoms with Crippen LogP contribution < -0.4 is 11.1 Å². The second-order valence-electron chi connectivity index (χ2n) is 5.21. The Kier molecular flexibility index (Phi) is 4.07. The van der Waals surface area contributed by atoms with Gasteiger partial charge in [-0.15, -0.1) is 5.10 Å². The Balaban J connectivity index is 1.83. The van der Waals surface area contributed by atoms with Gasteiger partial charge in [-0.1, -0.05) is 17.3 Å². The third-order valence-corrected chi connectivity index (χ3v) is 3.58. The van der Waals surface area contributed by atoms with Crippen LogP contribution in [0.3, 0.4) is 0 Å². The van der Waals surface area contributed by atoms with Crippen LogP contribution in [0.15, 0.2) is 54.9 Å². The second kappa shape index (κ2) is 6.33. The van der Waals surface area contributed by atoms with Gasteiger partial charge < -0.3 is 11.1 Å². The lowest BCUT2D eigenvalue weighted by atomic mass is 10.1. The molecular weight excluding hydrogens is 306 g/mol. The van der Waals surface area contributed by atoms with Crippen LogP contribution in [0.5, 0.6) is 0 Å². The number of anilines is 1. The molecule has 7 heteroatoms. The molecule has 0 unspecified atom stereocenters. The molecule has 0 aliphatic carbocycles. The predicted molar refractivity (Wildman–Crippen MR) is 89.0 cm³/mol. The maximum atomic E-state index is 12.4. The Hall–Kier alpha value is -3.48. The number of aromatic nitrogens is 3. The van der Waals surface area contributed by atoms with E-state index in [2.05, 4.69) is 15.6 Å². The smallest absolute Gasteiger partial charge is 0.255 e. The number of nitrogens with one attached hydrogen (secondary N) is 1. The van der Waals surface area contributed by atoms with E-state index in [4.69, 9.17) is 5.73 Å². The van der Waals surface area contributed by atoms with Crippen LogP contribution in [0, 0.1) is 6.92 Å². The van der Waals surface area contributed by atoms with E-state index in [-0.39, 0.29) is 5.91 Å². The van der Waals surface area contributed by atoms with Gasteiger partial charge in [-0.2, -0.15) is 0 Å². The van der Waals surface area contributed by atoms with Gasteiger partial charge in [-0.05, 0) is 42.8 Å². The van der Waals surface area contributed by atoms with Crippen LogP contribution in [0.25, 0.3) is 5.69 Å². The van der Waals surface area contributed by atoms with Crippen molar-refractivity contribution in [2.75, 3.05) is 5.32 Å². The summed E-state index contributed by atoms with van der Waals surface area (Å²) in [6, 6.07) is 12.0. The van der Waals surface area contributed by atoms with Gasteiger partial charge in [-0.3, -0.25) is 9.59 Å². The van der Waals surface area contributed by atoms with Gasteiger partial charge in [-0.25, -0.2) is 4.68 Å². The molecule has 1 heterocycles. The lowest BCUT2D eigenvalue weighted by molar-refractivity contribution is 0.100. The summed E-state index contributed by atoms with van der Waals surface area (Å²) >= 11 is 0. The van der Waals surface area contributed by atoms with Crippen LogP contribution in [-0.4, -0.2) is 26.8 Å². The molecule has 24 heavy (non-hydrogen) atoms. The molecular formula is C17H15N5O2. The van der Waals surface area contributed by atoms with Crippen molar-refractivity contribution in [1.82, 2.24) is 15.0 Å². The topological polar surface area (TPSA) is 103 Å². The first-order valence-electron chi connectivity index (χ1n) is 7.24. The van der Waals surface area contributed by atoms with E-state index >= 15 is 0 Å². The molecule has 0 saturated carbocycles. The number of benzene rings is 2. The highest BCUT2D eigenvalue weighted by molar-refractivity contribution is 6.09. The molecule has 3 aromatic rings. The molecule has 0 fully saturated rings. The Labute approximate surface area is 138 Å². The molecule has 0 bridgehead atoms. The van der Waals surface area contributed by atoms with E-state index in [9.17, 15) is 9.59 Å². The molecule has 2 amide bonds. The highest BCUT2D eigenvalue weighted by Crippen LogP contribution is 2.20. The Morgan fingerprint density at radius 2 is 1.88 bits per heavy atom. The maximum absolute atomic E-state index is 12.4. The van der Waals surface area contributed by atoms with Gasteiger partial charge >= 0.3 is 0 Å². The molecule has 7 nitrogen and oxygen atoms in total. The Morgan fingerprint density at radius 3 is 2.50 bits per heavy atom. The highest BCUT2D eigenvalue weighted by atomic mass is 16.2. The van der Waals surface area contributed by atoms with E-state index < -0.39 is 5.91 Å². The molecule has 2 aromatic carbocycles. The summed E-state index contributed by atoms with van der Waals surface area (Å²) in [4.78, 5) is 24.0. The fourth-order valence-corrected chi connectivity index (χ4v) is 2.40. The fourth-order valence-electron chi connectivity index (χ4n) is 2.40. The molecule has 0 radical (unpaired) electrons. The zero-order chi connectivity index (χ0) is 17.1. The summed E-state index contributed by atoms with van der Waals surface area (Å²) in [5, 5.41) is 10.3. The van der Waals surface area contributed by atoms with Crippen molar-refractivity contribution >= 4 is 17.5 Å². The first-order valence-corrected chi connectivity index (χ1v) is 7.24. The largest absolute Gasteiger partial charge is 0.366 e. The third kappa shape index (κ3) is 3.00. The standard InChI is InChI=1S/C17H15N5O2/c1-11-3-2-4-14(15(11)16(18)23)20-17(24)12-5-7-13(8-6-12)22-10-9-19-21-22/h2-10H,1H3,(H2,18,23)(H,20,24). The van der Waals surface area contributed by atoms with Crippen LogP contribution in [0.1, 0.15) is 26.3 Å². The summed E-state index contributed by atoms with van der Waals surface area (Å²) in [5.41, 5.74) is 8.06.